The summed E-state index contributed by atoms with van der Waals surface area (Å²) in [6, 6.07) is 3.26. The number of nitrogen functional groups attached to an aromatic ring is 1. The molecule has 2 atom stereocenters. The van der Waals surface area contributed by atoms with E-state index in [-0.39, 0.29) is 0 Å². The van der Waals surface area contributed by atoms with Crippen molar-refractivity contribution < 1.29 is 13.5 Å². The van der Waals surface area contributed by atoms with E-state index in [1.807, 2.05) is 0 Å². The van der Waals surface area contributed by atoms with E-state index in [4.69, 9.17) is 26.6 Å². The highest BCUT2D eigenvalue weighted by Gasteiger charge is 2.32. The molecule has 3 N–H and O–H groups in total. The lowest BCUT2D eigenvalue weighted by Gasteiger charge is -2.21. The van der Waals surface area contributed by atoms with Gasteiger partial charge in [-0.2, -0.15) is 0 Å². The monoisotopic (exact) mass is 263 g/mol. The van der Waals surface area contributed by atoms with E-state index < -0.39 is 15.3 Å². The predicted molar refractivity (Wildman–Crippen MR) is 66.1 cm³/mol. The van der Waals surface area contributed by atoms with E-state index in [9.17, 15) is 4.21 Å². The van der Waals surface area contributed by atoms with Crippen molar-refractivity contribution in [3.8, 4) is 5.75 Å². The minimum absolute atomic E-state index is 0.443. The Hall–Kier alpha value is -0.780. The van der Waals surface area contributed by atoms with Crippen LogP contribution in [0, 0.1) is 6.92 Å². The maximum atomic E-state index is 11.2. The Balaban J connectivity index is 3.40. The molecule has 0 saturated carbocycles. The summed E-state index contributed by atoms with van der Waals surface area (Å²) in [5.41, 5.74) is 7.46. The molecule has 0 spiro atoms. The second kappa shape index (κ2) is 4.61. The fourth-order valence-electron chi connectivity index (χ4n) is 1.46. The van der Waals surface area contributed by atoms with Gasteiger partial charge in [0.15, 0.2) is 15.3 Å². The number of hydrogen-bond donors (Lipinski definition) is 2. The van der Waals surface area contributed by atoms with Gasteiger partial charge >= 0.3 is 0 Å². The van der Waals surface area contributed by atoms with Gasteiger partial charge in [0.25, 0.3) is 0 Å². The highest BCUT2D eigenvalue weighted by atomic mass is 35.5. The Bertz CT molecular complexity index is 434. The minimum Gasteiger partial charge on any atom is -0.495 e. The lowest BCUT2D eigenvalue weighted by Crippen LogP contribution is -2.21. The second-order valence-electron chi connectivity index (χ2n) is 3.58. The standard InChI is InChI=1S/C10H14ClNO3S/c1-6-4-8(12)9(15-3)5-7(6)10(2,11)16(13)14/h4-5H,12H2,1-3H3,(H,13,14). The summed E-state index contributed by atoms with van der Waals surface area (Å²) in [4.78, 5) is 0. The Morgan fingerprint density at radius 3 is 2.56 bits per heavy atom. The fourth-order valence-corrected chi connectivity index (χ4v) is 2.07. The van der Waals surface area contributed by atoms with Crippen molar-refractivity contribution in [2.45, 2.75) is 18.1 Å². The summed E-state index contributed by atoms with van der Waals surface area (Å²) in [7, 11) is 1.48. The van der Waals surface area contributed by atoms with Gasteiger partial charge in [-0.25, -0.2) is 4.21 Å². The fraction of sp³-hybridized carbons (Fsp3) is 0.400. The maximum Gasteiger partial charge on any atom is 0.179 e. The van der Waals surface area contributed by atoms with Crippen LogP contribution in [0.5, 0.6) is 5.75 Å². The quantitative estimate of drug-likeness (QED) is 0.498. The molecule has 0 amide bonds. The number of nitrogens with two attached hydrogens (primary N) is 1. The van der Waals surface area contributed by atoms with Crippen LogP contribution in [0.1, 0.15) is 18.1 Å². The molecule has 6 heteroatoms. The van der Waals surface area contributed by atoms with Gasteiger partial charge in [0.1, 0.15) is 5.75 Å². The molecule has 0 aliphatic rings. The van der Waals surface area contributed by atoms with Crippen molar-refractivity contribution in [2.24, 2.45) is 0 Å². The van der Waals surface area contributed by atoms with Gasteiger partial charge in [-0.3, -0.25) is 0 Å². The minimum atomic E-state index is -2.18. The molecule has 0 fully saturated rings. The van der Waals surface area contributed by atoms with Crippen molar-refractivity contribution in [1.82, 2.24) is 0 Å². The van der Waals surface area contributed by atoms with E-state index in [0.717, 1.165) is 5.56 Å². The summed E-state index contributed by atoms with van der Waals surface area (Å²) in [6.07, 6.45) is 0. The number of ether oxygens (including phenoxy) is 1. The smallest absolute Gasteiger partial charge is 0.179 e. The van der Waals surface area contributed by atoms with Crippen LogP contribution in [0.15, 0.2) is 12.1 Å². The molecule has 0 saturated heterocycles. The third-order valence-electron chi connectivity index (χ3n) is 2.39. The zero-order chi connectivity index (χ0) is 12.5. The first-order valence-electron chi connectivity index (χ1n) is 4.55. The number of anilines is 1. The van der Waals surface area contributed by atoms with Crippen molar-refractivity contribution >= 4 is 28.4 Å². The summed E-state index contributed by atoms with van der Waals surface area (Å²) in [5, 5.41) is 0. The number of aryl methyl sites for hydroxylation is 1. The van der Waals surface area contributed by atoms with Crippen LogP contribution in [0.25, 0.3) is 0 Å². The zero-order valence-electron chi connectivity index (χ0n) is 9.28. The SMILES string of the molecule is COc1cc(C(C)(Cl)S(=O)O)c(C)cc1N. The lowest BCUT2D eigenvalue weighted by molar-refractivity contribution is 0.416. The largest absolute Gasteiger partial charge is 0.495 e. The third-order valence-corrected chi connectivity index (χ3v) is 3.86. The molecule has 4 nitrogen and oxygen atoms in total. The molecule has 0 heterocycles. The number of halogens is 1. The van der Waals surface area contributed by atoms with Crippen LogP contribution in [-0.2, 0) is 15.3 Å². The van der Waals surface area contributed by atoms with Crippen LogP contribution in [0.2, 0.25) is 0 Å². The first kappa shape index (κ1) is 13.3. The van der Waals surface area contributed by atoms with E-state index in [1.165, 1.54) is 14.0 Å². The molecular weight excluding hydrogens is 250 g/mol. The van der Waals surface area contributed by atoms with Crippen LogP contribution in [0.4, 0.5) is 5.69 Å². The molecule has 16 heavy (non-hydrogen) atoms. The normalized spacial score (nSPS) is 16.6. The number of rotatable bonds is 3. The molecule has 1 aromatic carbocycles. The van der Waals surface area contributed by atoms with E-state index in [0.29, 0.717) is 17.0 Å². The summed E-state index contributed by atoms with van der Waals surface area (Å²) in [6.45, 7) is 3.25. The third kappa shape index (κ3) is 2.31. The average molecular weight is 264 g/mol. The molecule has 0 aliphatic heterocycles. The van der Waals surface area contributed by atoms with Gasteiger partial charge < -0.3 is 15.0 Å². The van der Waals surface area contributed by atoms with Crippen LogP contribution >= 0.6 is 11.6 Å². The molecule has 2 unspecified atom stereocenters. The van der Waals surface area contributed by atoms with E-state index in [2.05, 4.69) is 0 Å². The molecule has 0 bridgehead atoms. The molecule has 0 radical (unpaired) electrons. The summed E-state index contributed by atoms with van der Waals surface area (Å²) >= 11 is 3.85. The van der Waals surface area contributed by atoms with E-state index in [1.54, 1.807) is 19.1 Å². The van der Waals surface area contributed by atoms with Crippen LogP contribution < -0.4 is 10.5 Å². The molecule has 0 aliphatic carbocycles. The van der Waals surface area contributed by atoms with Crippen molar-refractivity contribution in [2.75, 3.05) is 12.8 Å². The van der Waals surface area contributed by atoms with Crippen molar-refractivity contribution in [3.63, 3.8) is 0 Å². The molecule has 1 aromatic rings. The topological polar surface area (TPSA) is 72.5 Å². The summed E-state index contributed by atoms with van der Waals surface area (Å²) in [5.74, 6) is 0.443. The second-order valence-corrected chi connectivity index (χ2v) is 5.87. The highest BCUT2D eigenvalue weighted by molar-refractivity contribution is 7.81. The van der Waals surface area contributed by atoms with Gasteiger partial charge in [-0.15, -0.1) is 0 Å². The Labute approximate surface area is 102 Å². The molecule has 1 rings (SSSR count). The van der Waals surface area contributed by atoms with Gasteiger partial charge in [-0.05, 0) is 37.1 Å². The van der Waals surface area contributed by atoms with Gasteiger partial charge in [0.2, 0.25) is 0 Å². The Morgan fingerprint density at radius 1 is 1.56 bits per heavy atom. The van der Waals surface area contributed by atoms with Crippen LogP contribution in [-0.4, -0.2) is 15.9 Å². The number of hydrogen-bond acceptors (Lipinski definition) is 3. The lowest BCUT2D eigenvalue weighted by atomic mass is 10.0. The van der Waals surface area contributed by atoms with Crippen molar-refractivity contribution in [3.05, 3.63) is 23.3 Å². The van der Waals surface area contributed by atoms with Crippen LogP contribution in [0.3, 0.4) is 0 Å². The predicted octanol–water partition coefficient (Wildman–Crippen LogP) is 2.22. The van der Waals surface area contributed by atoms with E-state index >= 15 is 0 Å². The number of benzene rings is 1. The van der Waals surface area contributed by atoms with Gasteiger partial charge in [0, 0.05) is 0 Å². The highest BCUT2D eigenvalue weighted by Crippen LogP contribution is 2.37. The average Bonchev–Trinajstić information content (AvgIpc) is 2.17. The molecular formula is C10H14ClNO3S. The molecule has 90 valence electrons. The number of alkyl halides is 1. The number of methoxy groups -OCH3 is 1. The Kier molecular flexibility index (Phi) is 3.83. The Morgan fingerprint density at radius 2 is 2.12 bits per heavy atom. The van der Waals surface area contributed by atoms with Crippen molar-refractivity contribution in [1.29, 1.82) is 0 Å². The van der Waals surface area contributed by atoms with Gasteiger partial charge in [0.05, 0.1) is 12.8 Å². The first-order valence-corrected chi connectivity index (χ1v) is 6.03. The molecule has 0 aromatic heterocycles. The zero-order valence-corrected chi connectivity index (χ0v) is 10.9. The summed E-state index contributed by atoms with van der Waals surface area (Å²) < 4.78 is 24.0. The van der Waals surface area contributed by atoms with Gasteiger partial charge in [-0.1, -0.05) is 11.6 Å². The first-order chi connectivity index (χ1) is 7.30. The maximum absolute atomic E-state index is 11.2.